The van der Waals surface area contributed by atoms with Crippen LogP contribution in [0.15, 0.2) is 53.4 Å². The van der Waals surface area contributed by atoms with E-state index in [9.17, 15) is 0 Å². The SMILES string of the molecule is CC(COc1cncc(CN)c1)Oc1cnc2ccc(Br)cc2c1. The Hall–Kier alpha value is -2.18. The summed E-state index contributed by atoms with van der Waals surface area (Å²) < 4.78 is 12.6. The van der Waals surface area contributed by atoms with E-state index in [1.54, 1.807) is 18.6 Å². The lowest BCUT2D eigenvalue weighted by Crippen LogP contribution is -2.21. The van der Waals surface area contributed by atoms with E-state index in [2.05, 4.69) is 25.9 Å². The lowest BCUT2D eigenvalue weighted by atomic mass is 10.2. The van der Waals surface area contributed by atoms with E-state index in [1.807, 2.05) is 37.3 Å². The van der Waals surface area contributed by atoms with Crippen molar-refractivity contribution in [2.24, 2.45) is 5.73 Å². The molecule has 0 aliphatic rings. The van der Waals surface area contributed by atoms with Crippen molar-refractivity contribution < 1.29 is 9.47 Å². The number of nitrogens with zero attached hydrogens (tertiary/aromatic N) is 2. The summed E-state index contributed by atoms with van der Waals surface area (Å²) in [4.78, 5) is 8.51. The van der Waals surface area contributed by atoms with Crippen molar-refractivity contribution in [3.05, 3.63) is 59.0 Å². The first-order valence-electron chi connectivity index (χ1n) is 7.63. The summed E-state index contributed by atoms with van der Waals surface area (Å²) in [5.74, 6) is 1.40. The third-order valence-corrected chi connectivity index (χ3v) is 3.94. The largest absolute Gasteiger partial charge is 0.488 e. The van der Waals surface area contributed by atoms with Gasteiger partial charge in [0.05, 0.1) is 17.9 Å². The summed E-state index contributed by atoms with van der Waals surface area (Å²) in [6, 6.07) is 9.80. The fourth-order valence-electron chi connectivity index (χ4n) is 2.28. The van der Waals surface area contributed by atoms with Crippen LogP contribution in [-0.4, -0.2) is 22.7 Å². The quantitative estimate of drug-likeness (QED) is 0.698. The number of benzene rings is 1. The van der Waals surface area contributed by atoms with E-state index in [0.29, 0.717) is 24.7 Å². The standard InChI is InChI=1S/C18H18BrN3O2/c1-12(11-23-16-4-13(7-20)8-21-9-16)24-17-6-14-5-15(19)2-3-18(14)22-10-17/h2-6,8-10,12H,7,11,20H2,1H3. The molecule has 2 N–H and O–H groups in total. The Labute approximate surface area is 149 Å². The molecule has 0 amide bonds. The van der Waals surface area contributed by atoms with E-state index in [-0.39, 0.29) is 6.10 Å². The molecule has 6 heteroatoms. The number of rotatable bonds is 6. The van der Waals surface area contributed by atoms with Crippen molar-refractivity contribution in [3.8, 4) is 11.5 Å². The average molecular weight is 388 g/mol. The number of halogens is 1. The van der Waals surface area contributed by atoms with Crippen molar-refractivity contribution in [2.75, 3.05) is 6.61 Å². The van der Waals surface area contributed by atoms with Crippen LogP contribution in [-0.2, 0) is 6.54 Å². The molecule has 0 saturated carbocycles. The maximum atomic E-state index is 5.89. The first-order valence-corrected chi connectivity index (χ1v) is 8.42. The smallest absolute Gasteiger partial charge is 0.138 e. The number of hydrogen-bond donors (Lipinski definition) is 1. The van der Waals surface area contributed by atoms with Gasteiger partial charge in [-0.05, 0) is 42.8 Å². The predicted octanol–water partition coefficient (Wildman–Crippen LogP) is 3.70. The summed E-state index contributed by atoms with van der Waals surface area (Å²) >= 11 is 3.47. The monoisotopic (exact) mass is 387 g/mol. The summed E-state index contributed by atoms with van der Waals surface area (Å²) in [5.41, 5.74) is 7.47. The van der Waals surface area contributed by atoms with Gasteiger partial charge in [0.15, 0.2) is 0 Å². The molecule has 2 heterocycles. The minimum Gasteiger partial charge on any atom is -0.488 e. The molecule has 0 radical (unpaired) electrons. The minimum atomic E-state index is -0.127. The summed E-state index contributed by atoms with van der Waals surface area (Å²) in [7, 11) is 0. The van der Waals surface area contributed by atoms with Gasteiger partial charge < -0.3 is 15.2 Å². The molecule has 1 atom stereocenters. The lowest BCUT2D eigenvalue weighted by Gasteiger charge is -2.16. The molecule has 0 aliphatic heterocycles. The van der Waals surface area contributed by atoms with Gasteiger partial charge in [-0.25, -0.2) is 0 Å². The molecule has 0 saturated heterocycles. The Balaban J connectivity index is 1.62. The van der Waals surface area contributed by atoms with Crippen LogP contribution in [0.1, 0.15) is 12.5 Å². The molecule has 2 aromatic heterocycles. The number of aromatic nitrogens is 2. The molecule has 3 aromatic rings. The zero-order chi connectivity index (χ0) is 16.9. The third-order valence-electron chi connectivity index (χ3n) is 3.45. The van der Waals surface area contributed by atoms with Crippen LogP contribution < -0.4 is 15.2 Å². The van der Waals surface area contributed by atoms with Gasteiger partial charge in [0.1, 0.15) is 24.2 Å². The Morgan fingerprint density at radius 2 is 2.00 bits per heavy atom. The summed E-state index contributed by atoms with van der Waals surface area (Å²) in [5, 5.41) is 1.02. The molecule has 1 aromatic carbocycles. The van der Waals surface area contributed by atoms with E-state index in [1.165, 1.54) is 0 Å². The third kappa shape index (κ3) is 4.21. The number of nitrogens with two attached hydrogens (primary N) is 1. The van der Waals surface area contributed by atoms with Crippen molar-refractivity contribution in [1.29, 1.82) is 0 Å². The van der Waals surface area contributed by atoms with Crippen molar-refractivity contribution in [1.82, 2.24) is 9.97 Å². The zero-order valence-corrected chi connectivity index (χ0v) is 14.9. The molecular formula is C18H18BrN3O2. The Morgan fingerprint density at radius 3 is 2.83 bits per heavy atom. The van der Waals surface area contributed by atoms with Crippen molar-refractivity contribution in [3.63, 3.8) is 0 Å². The number of hydrogen-bond acceptors (Lipinski definition) is 5. The Kier molecular flexibility index (Phi) is 5.27. The van der Waals surface area contributed by atoms with Gasteiger partial charge >= 0.3 is 0 Å². The molecule has 3 rings (SSSR count). The van der Waals surface area contributed by atoms with Crippen LogP contribution in [0.3, 0.4) is 0 Å². The molecule has 5 nitrogen and oxygen atoms in total. The van der Waals surface area contributed by atoms with Gasteiger partial charge in [-0.3, -0.25) is 9.97 Å². The molecule has 124 valence electrons. The highest BCUT2D eigenvalue weighted by atomic mass is 79.9. The second kappa shape index (κ2) is 7.59. The molecule has 0 bridgehead atoms. The van der Waals surface area contributed by atoms with Crippen molar-refractivity contribution in [2.45, 2.75) is 19.6 Å². The molecule has 24 heavy (non-hydrogen) atoms. The van der Waals surface area contributed by atoms with Gasteiger partial charge in [0.25, 0.3) is 0 Å². The van der Waals surface area contributed by atoms with Crippen LogP contribution in [0.25, 0.3) is 10.9 Å². The van der Waals surface area contributed by atoms with Crippen LogP contribution >= 0.6 is 15.9 Å². The van der Waals surface area contributed by atoms with Gasteiger partial charge in [0, 0.05) is 22.6 Å². The fraction of sp³-hybridized carbons (Fsp3) is 0.222. The summed E-state index contributed by atoms with van der Waals surface area (Å²) in [6.45, 7) is 2.80. The van der Waals surface area contributed by atoms with Crippen LogP contribution in [0.5, 0.6) is 11.5 Å². The average Bonchev–Trinajstić information content (AvgIpc) is 2.60. The lowest BCUT2D eigenvalue weighted by molar-refractivity contribution is 0.142. The maximum Gasteiger partial charge on any atom is 0.138 e. The Bertz CT molecular complexity index is 841. The zero-order valence-electron chi connectivity index (χ0n) is 13.3. The van der Waals surface area contributed by atoms with Crippen LogP contribution in [0.2, 0.25) is 0 Å². The normalized spacial score (nSPS) is 12.1. The molecule has 0 aliphatic carbocycles. The minimum absolute atomic E-state index is 0.127. The van der Waals surface area contributed by atoms with Crippen LogP contribution in [0.4, 0.5) is 0 Å². The summed E-state index contributed by atoms with van der Waals surface area (Å²) in [6.07, 6.45) is 4.99. The molecule has 0 fully saturated rings. The van der Waals surface area contributed by atoms with E-state index in [0.717, 1.165) is 20.9 Å². The topological polar surface area (TPSA) is 70.3 Å². The second-order valence-corrected chi connectivity index (χ2v) is 6.40. The molecular weight excluding hydrogens is 370 g/mol. The van der Waals surface area contributed by atoms with Crippen LogP contribution in [0, 0.1) is 0 Å². The van der Waals surface area contributed by atoms with E-state index < -0.39 is 0 Å². The van der Waals surface area contributed by atoms with Gasteiger partial charge in [-0.2, -0.15) is 0 Å². The van der Waals surface area contributed by atoms with E-state index >= 15 is 0 Å². The number of pyridine rings is 2. The molecule has 1 unspecified atom stereocenters. The second-order valence-electron chi connectivity index (χ2n) is 5.48. The number of ether oxygens (including phenoxy) is 2. The predicted molar refractivity (Wildman–Crippen MR) is 97.2 cm³/mol. The fourth-order valence-corrected chi connectivity index (χ4v) is 2.66. The highest BCUT2D eigenvalue weighted by molar-refractivity contribution is 9.10. The first kappa shape index (κ1) is 16.7. The van der Waals surface area contributed by atoms with Gasteiger partial charge in [-0.15, -0.1) is 0 Å². The van der Waals surface area contributed by atoms with Gasteiger partial charge in [-0.1, -0.05) is 15.9 Å². The first-order chi connectivity index (χ1) is 11.6. The molecule has 0 spiro atoms. The number of fused-ring (bicyclic) bond motifs is 1. The van der Waals surface area contributed by atoms with Crippen molar-refractivity contribution >= 4 is 26.8 Å². The maximum absolute atomic E-state index is 5.89. The Morgan fingerprint density at radius 1 is 1.12 bits per heavy atom. The highest BCUT2D eigenvalue weighted by Gasteiger charge is 2.07. The highest BCUT2D eigenvalue weighted by Crippen LogP contribution is 2.23. The van der Waals surface area contributed by atoms with E-state index in [4.69, 9.17) is 15.2 Å². The van der Waals surface area contributed by atoms with Gasteiger partial charge in [0.2, 0.25) is 0 Å².